The zero-order valence-electron chi connectivity index (χ0n) is 14.0. The number of hydrogen-bond acceptors (Lipinski definition) is 4. The Labute approximate surface area is 143 Å². The highest BCUT2D eigenvalue weighted by Crippen LogP contribution is 2.57. The molecule has 1 aromatic rings. The van der Waals surface area contributed by atoms with Gasteiger partial charge >= 0.3 is 0 Å². The minimum atomic E-state index is -0.826. The third-order valence-corrected chi connectivity index (χ3v) is 5.52. The Kier molecular flexibility index (Phi) is 5.09. The summed E-state index contributed by atoms with van der Waals surface area (Å²) in [6, 6.07) is 0. The van der Waals surface area contributed by atoms with Crippen LogP contribution < -0.4 is 11.1 Å². The summed E-state index contributed by atoms with van der Waals surface area (Å²) in [5, 5.41) is 7.15. The highest BCUT2D eigenvalue weighted by molar-refractivity contribution is 5.89. The number of aromatic nitrogens is 2. The van der Waals surface area contributed by atoms with Gasteiger partial charge in [0.05, 0.1) is 12.3 Å². The number of aryl methyl sites for hydroxylation is 1. The van der Waals surface area contributed by atoms with Crippen LogP contribution in [-0.4, -0.2) is 40.5 Å². The van der Waals surface area contributed by atoms with E-state index >= 15 is 0 Å². The quantitative estimate of drug-likeness (QED) is 0.856. The van der Waals surface area contributed by atoms with Crippen molar-refractivity contribution in [2.45, 2.75) is 44.8 Å². The van der Waals surface area contributed by atoms with Gasteiger partial charge in [-0.15, -0.1) is 12.4 Å². The molecule has 2 aliphatic rings. The molecule has 3 rings (SSSR count). The maximum absolute atomic E-state index is 12.7. The molecule has 2 fully saturated rings. The SMILES string of the molecule is Cl.Cn1cc(CCNC(=O)C2(N)C3CCCOC3C2(C)C)cn1. The molecule has 0 bridgehead atoms. The van der Waals surface area contributed by atoms with Crippen LogP contribution in [0, 0.1) is 11.3 Å². The average Bonchev–Trinajstić information content (AvgIpc) is 2.91. The zero-order chi connectivity index (χ0) is 16.0. The number of carbonyl (C=O) groups is 1. The van der Waals surface area contributed by atoms with Crippen molar-refractivity contribution in [2.75, 3.05) is 13.2 Å². The van der Waals surface area contributed by atoms with Gasteiger partial charge in [-0.05, 0) is 24.8 Å². The van der Waals surface area contributed by atoms with Gasteiger partial charge in [0.1, 0.15) is 5.54 Å². The normalized spacial score (nSPS) is 31.5. The van der Waals surface area contributed by atoms with Crippen LogP contribution in [0.5, 0.6) is 0 Å². The molecule has 3 atom stereocenters. The average molecular weight is 343 g/mol. The van der Waals surface area contributed by atoms with Crippen molar-refractivity contribution in [3.05, 3.63) is 18.0 Å². The molecule has 1 saturated carbocycles. The van der Waals surface area contributed by atoms with Gasteiger partial charge in [0.15, 0.2) is 0 Å². The van der Waals surface area contributed by atoms with Crippen molar-refractivity contribution in [1.29, 1.82) is 0 Å². The lowest BCUT2D eigenvalue weighted by atomic mass is 9.46. The van der Waals surface area contributed by atoms with E-state index in [1.807, 2.05) is 33.3 Å². The summed E-state index contributed by atoms with van der Waals surface area (Å²) in [5.74, 6) is 0.0859. The zero-order valence-corrected chi connectivity index (χ0v) is 14.9. The fourth-order valence-corrected chi connectivity index (χ4v) is 4.10. The van der Waals surface area contributed by atoms with Crippen molar-refractivity contribution in [1.82, 2.24) is 15.1 Å². The van der Waals surface area contributed by atoms with E-state index in [4.69, 9.17) is 10.5 Å². The summed E-state index contributed by atoms with van der Waals surface area (Å²) >= 11 is 0. The van der Waals surface area contributed by atoms with Crippen molar-refractivity contribution in [3.63, 3.8) is 0 Å². The summed E-state index contributed by atoms with van der Waals surface area (Å²) in [7, 11) is 1.89. The summed E-state index contributed by atoms with van der Waals surface area (Å²) < 4.78 is 7.61. The topological polar surface area (TPSA) is 82.2 Å². The van der Waals surface area contributed by atoms with Crippen LogP contribution in [0.3, 0.4) is 0 Å². The number of halogens is 1. The molecule has 0 spiro atoms. The number of amides is 1. The predicted octanol–water partition coefficient (Wildman–Crippen LogP) is 1.03. The van der Waals surface area contributed by atoms with Gasteiger partial charge in [0, 0.05) is 37.7 Å². The first-order valence-electron chi connectivity index (χ1n) is 8.03. The van der Waals surface area contributed by atoms with Crippen molar-refractivity contribution >= 4 is 18.3 Å². The molecule has 3 unspecified atom stereocenters. The summed E-state index contributed by atoms with van der Waals surface area (Å²) in [6.07, 6.45) is 6.61. The molecule has 130 valence electrons. The molecule has 1 saturated heterocycles. The number of rotatable bonds is 4. The van der Waals surface area contributed by atoms with E-state index in [2.05, 4.69) is 10.4 Å². The molecular weight excluding hydrogens is 316 g/mol. The monoisotopic (exact) mass is 342 g/mol. The molecular formula is C16H27ClN4O2. The lowest BCUT2D eigenvalue weighted by molar-refractivity contribution is -0.225. The highest BCUT2D eigenvalue weighted by Gasteiger charge is 2.70. The third kappa shape index (κ3) is 2.77. The minimum Gasteiger partial charge on any atom is -0.377 e. The van der Waals surface area contributed by atoms with E-state index in [1.54, 1.807) is 4.68 Å². The molecule has 23 heavy (non-hydrogen) atoms. The fourth-order valence-electron chi connectivity index (χ4n) is 4.10. The summed E-state index contributed by atoms with van der Waals surface area (Å²) in [5.41, 5.74) is 6.52. The number of nitrogens with one attached hydrogen (secondary N) is 1. The van der Waals surface area contributed by atoms with Crippen LogP contribution in [0.2, 0.25) is 0 Å². The minimum absolute atomic E-state index is 0. The van der Waals surface area contributed by atoms with Crippen LogP contribution in [0.1, 0.15) is 32.3 Å². The van der Waals surface area contributed by atoms with E-state index in [1.165, 1.54) is 0 Å². The second-order valence-electron chi connectivity index (χ2n) is 7.16. The summed E-state index contributed by atoms with van der Waals surface area (Å²) in [6.45, 7) is 5.45. The number of hydrogen-bond donors (Lipinski definition) is 2. The van der Waals surface area contributed by atoms with Gasteiger partial charge in [0.25, 0.3) is 0 Å². The second kappa shape index (κ2) is 6.42. The molecule has 0 aromatic carbocycles. The van der Waals surface area contributed by atoms with Crippen LogP contribution in [0.4, 0.5) is 0 Å². The number of fused-ring (bicyclic) bond motifs is 1. The molecule has 6 nitrogen and oxygen atoms in total. The molecule has 2 heterocycles. The van der Waals surface area contributed by atoms with E-state index in [0.717, 1.165) is 31.4 Å². The summed E-state index contributed by atoms with van der Waals surface area (Å²) in [4.78, 5) is 12.7. The molecule has 1 aromatic heterocycles. The fraction of sp³-hybridized carbons (Fsp3) is 0.750. The Balaban J connectivity index is 0.00000192. The van der Waals surface area contributed by atoms with Crippen LogP contribution in [0.15, 0.2) is 12.4 Å². The lowest BCUT2D eigenvalue weighted by Gasteiger charge is -2.65. The Hall–Kier alpha value is -1.11. The smallest absolute Gasteiger partial charge is 0.241 e. The van der Waals surface area contributed by atoms with Gasteiger partial charge in [0.2, 0.25) is 5.91 Å². The number of carbonyl (C=O) groups excluding carboxylic acids is 1. The van der Waals surface area contributed by atoms with E-state index in [9.17, 15) is 4.79 Å². The predicted molar refractivity (Wildman–Crippen MR) is 90.3 cm³/mol. The first kappa shape index (κ1) is 18.2. The van der Waals surface area contributed by atoms with Crippen LogP contribution in [0.25, 0.3) is 0 Å². The second-order valence-corrected chi connectivity index (χ2v) is 7.16. The van der Waals surface area contributed by atoms with Crippen molar-refractivity contribution in [2.24, 2.45) is 24.1 Å². The lowest BCUT2D eigenvalue weighted by Crippen LogP contribution is -2.82. The molecule has 1 amide bonds. The van der Waals surface area contributed by atoms with Gasteiger partial charge in [-0.2, -0.15) is 5.10 Å². The maximum atomic E-state index is 12.7. The molecule has 1 aliphatic heterocycles. The first-order chi connectivity index (χ1) is 10.4. The van der Waals surface area contributed by atoms with Crippen LogP contribution in [-0.2, 0) is 23.0 Å². The highest BCUT2D eigenvalue weighted by atomic mass is 35.5. The first-order valence-corrected chi connectivity index (χ1v) is 8.03. The van der Waals surface area contributed by atoms with Crippen LogP contribution >= 0.6 is 12.4 Å². The van der Waals surface area contributed by atoms with E-state index < -0.39 is 5.54 Å². The van der Waals surface area contributed by atoms with Gasteiger partial charge in [-0.3, -0.25) is 9.48 Å². The molecule has 0 radical (unpaired) electrons. The molecule has 1 aliphatic carbocycles. The Bertz CT molecular complexity index is 574. The number of ether oxygens (including phenoxy) is 1. The maximum Gasteiger partial charge on any atom is 0.241 e. The van der Waals surface area contributed by atoms with Crippen molar-refractivity contribution in [3.8, 4) is 0 Å². The van der Waals surface area contributed by atoms with Gasteiger partial charge in [-0.1, -0.05) is 13.8 Å². The molecule has 7 heteroatoms. The standard InChI is InChI=1S/C16H26N4O2.ClH/c1-15(2)13-12(5-4-8-22-13)16(15,17)14(21)18-7-6-11-9-19-20(3)10-11;/h9-10,12-13H,4-8,17H2,1-3H3,(H,18,21);1H. The van der Waals surface area contributed by atoms with E-state index in [0.29, 0.717) is 6.54 Å². The number of nitrogens with two attached hydrogens (primary N) is 1. The van der Waals surface area contributed by atoms with Gasteiger partial charge < -0.3 is 15.8 Å². The largest absolute Gasteiger partial charge is 0.377 e. The van der Waals surface area contributed by atoms with Crippen molar-refractivity contribution < 1.29 is 9.53 Å². The third-order valence-electron chi connectivity index (χ3n) is 5.52. The Morgan fingerprint density at radius 3 is 2.96 bits per heavy atom. The van der Waals surface area contributed by atoms with E-state index in [-0.39, 0.29) is 35.8 Å². The Morgan fingerprint density at radius 2 is 2.30 bits per heavy atom. The molecule has 3 N–H and O–H groups in total. The number of nitrogens with zero attached hydrogens (tertiary/aromatic N) is 2. The van der Waals surface area contributed by atoms with Gasteiger partial charge in [-0.25, -0.2) is 0 Å². The Morgan fingerprint density at radius 1 is 1.57 bits per heavy atom.